The molecule has 0 unspecified atom stereocenters. The molecule has 9 nitrogen and oxygen atoms in total. The fourth-order valence-electron chi connectivity index (χ4n) is 2.65. The topological polar surface area (TPSA) is 110 Å². The number of carbonyl (C=O) groups excluding carboxylic acids is 5. The summed E-state index contributed by atoms with van der Waals surface area (Å²) in [6, 6.07) is 6.85. The first kappa shape index (κ1) is 26.0. The number of hydrogen-bond acceptors (Lipinski definition) is 7. The summed E-state index contributed by atoms with van der Waals surface area (Å²) in [4.78, 5) is 60.2. The van der Waals surface area contributed by atoms with E-state index >= 15 is 0 Å². The minimum Gasteiger partial charge on any atom is -0.468 e. The normalized spacial score (nSPS) is 10.3. The molecule has 9 heteroatoms. The van der Waals surface area contributed by atoms with E-state index in [9.17, 15) is 24.0 Å². The van der Waals surface area contributed by atoms with Crippen molar-refractivity contribution in [2.75, 3.05) is 45.4 Å². The molecule has 0 aliphatic heterocycles. The monoisotopic (exact) mass is 434 g/mol. The Bertz CT molecular complexity index is 762. The van der Waals surface area contributed by atoms with Gasteiger partial charge >= 0.3 is 0 Å². The van der Waals surface area contributed by atoms with Gasteiger partial charge in [-0.15, -0.1) is 0 Å². The summed E-state index contributed by atoms with van der Waals surface area (Å²) in [5.41, 5.74) is 1.36. The molecule has 0 saturated heterocycles. The first-order valence-electron chi connectivity index (χ1n) is 9.98. The maximum Gasteiger partial charge on any atom is 0.293 e. The molecule has 0 spiro atoms. The number of amides is 2. The van der Waals surface area contributed by atoms with E-state index in [2.05, 4.69) is 4.74 Å². The molecule has 0 heterocycles. The van der Waals surface area contributed by atoms with Crippen LogP contribution in [0.1, 0.15) is 31.7 Å². The van der Waals surface area contributed by atoms with Crippen molar-refractivity contribution in [2.45, 2.75) is 32.6 Å². The van der Waals surface area contributed by atoms with Gasteiger partial charge in [0.1, 0.15) is 18.0 Å². The van der Waals surface area contributed by atoms with E-state index in [1.165, 1.54) is 16.7 Å². The van der Waals surface area contributed by atoms with Crippen LogP contribution in [0.5, 0.6) is 0 Å². The van der Waals surface area contributed by atoms with Crippen molar-refractivity contribution in [1.29, 1.82) is 0 Å². The third-order valence-electron chi connectivity index (χ3n) is 4.46. The standard InChI is InChI=1S/C22H30N2O7/c1-17(26)13-20(27)14-18-5-7-19(8-6-18)24(3)22(29)15-21(28)23(2)9-12-30-10-4-11-31-16-25/h5-8,16H,4,9-15H2,1-3H3. The fraction of sp³-hybridized carbons (Fsp3) is 0.500. The molecule has 0 atom stereocenters. The van der Waals surface area contributed by atoms with Crippen LogP contribution >= 0.6 is 0 Å². The van der Waals surface area contributed by atoms with Gasteiger partial charge in [0.2, 0.25) is 11.8 Å². The summed E-state index contributed by atoms with van der Waals surface area (Å²) in [5.74, 6) is -1.01. The summed E-state index contributed by atoms with van der Waals surface area (Å²) >= 11 is 0. The van der Waals surface area contributed by atoms with Crippen molar-refractivity contribution in [3.05, 3.63) is 29.8 Å². The fourth-order valence-corrected chi connectivity index (χ4v) is 2.65. The van der Waals surface area contributed by atoms with E-state index in [-0.39, 0.29) is 49.3 Å². The molecule has 1 rings (SSSR count). The summed E-state index contributed by atoms with van der Waals surface area (Å²) in [6.07, 6.45) is 0.366. The average Bonchev–Trinajstić information content (AvgIpc) is 2.72. The number of ether oxygens (including phenoxy) is 2. The Balaban J connectivity index is 2.42. The zero-order valence-corrected chi connectivity index (χ0v) is 18.3. The van der Waals surface area contributed by atoms with Crippen LogP contribution in [0.3, 0.4) is 0 Å². The molecule has 31 heavy (non-hydrogen) atoms. The number of Topliss-reactive ketones (excluding diaryl/α,β-unsaturated/α-hetero) is 2. The Morgan fingerprint density at radius 2 is 1.61 bits per heavy atom. The Hall–Kier alpha value is -3.07. The zero-order chi connectivity index (χ0) is 23.2. The van der Waals surface area contributed by atoms with Gasteiger partial charge in [-0.25, -0.2) is 0 Å². The first-order chi connectivity index (χ1) is 14.7. The molecule has 1 aromatic rings. The number of likely N-dealkylation sites (N-methyl/N-ethyl adjacent to an activating group) is 1. The Morgan fingerprint density at radius 3 is 2.23 bits per heavy atom. The van der Waals surface area contributed by atoms with E-state index in [0.717, 1.165) is 5.56 Å². The van der Waals surface area contributed by atoms with Gasteiger partial charge in [0.15, 0.2) is 0 Å². The molecule has 0 fully saturated rings. The molecular weight excluding hydrogens is 404 g/mol. The molecular formula is C22H30N2O7. The minimum absolute atomic E-state index is 0.0879. The molecule has 0 radical (unpaired) electrons. The highest BCUT2D eigenvalue weighted by molar-refractivity contribution is 6.04. The minimum atomic E-state index is -0.357. The van der Waals surface area contributed by atoms with Crippen molar-refractivity contribution in [3.8, 4) is 0 Å². The second-order valence-electron chi connectivity index (χ2n) is 7.14. The van der Waals surface area contributed by atoms with Gasteiger partial charge in [0, 0.05) is 45.8 Å². The molecule has 0 N–H and O–H groups in total. The molecule has 0 bridgehead atoms. The number of nitrogens with zero attached hydrogens (tertiary/aromatic N) is 2. The number of carbonyl (C=O) groups is 5. The van der Waals surface area contributed by atoms with Crippen molar-refractivity contribution in [2.24, 2.45) is 0 Å². The van der Waals surface area contributed by atoms with Crippen LogP contribution < -0.4 is 4.90 Å². The Kier molecular flexibility index (Phi) is 11.7. The van der Waals surface area contributed by atoms with E-state index in [1.54, 1.807) is 38.4 Å². The molecule has 1 aromatic carbocycles. The third-order valence-corrected chi connectivity index (χ3v) is 4.46. The van der Waals surface area contributed by atoms with Crippen LogP contribution in [0.15, 0.2) is 24.3 Å². The van der Waals surface area contributed by atoms with Crippen LogP contribution in [0.25, 0.3) is 0 Å². The molecule has 0 aliphatic carbocycles. The second-order valence-corrected chi connectivity index (χ2v) is 7.14. The SMILES string of the molecule is CC(=O)CC(=O)Cc1ccc(N(C)C(=O)CC(=O)N(C)CCOCCCOC=O)cc1. The van der Waals surface area contributed by atoms with Gasteiger partial charge < -0.3 is 19.3 Å². The van der Waals surface area contributed by atoms with Gasteiger partial charge in [0.25, 0.3) is 6.47 Å². The van der Waals surface area contributed by atoms with Crippen LogP contribution in [0, 0.1) is 0 Å². The van der Waals surface area contributed by atoms with Gasteiger partial charge in [-0.1, -0.05) is 12.1 Å². The van der Waals surface area contributed by atoms with E-state index < -0.39 is 0 Å². The highest BCUT2D eigenvalue weighted by Crippen LogP contribution is 2.16. The molecule has 0 saturated carbocycles. The van der Waals surface area contributed by atoms with Gasteiger partial charge in [-0.05, 0) is 24.6 Å². The lowest BCUT2D eigenvalue weighted by Gasteiger charge is -2.21. The summed E-state index contributed by atoms with van der Waals surface area (Å²) in [5, 5.41) is 0. The van der Waals surface area contributed by atoms with Crippen LogP contribution in [0.2, 0.25) is 0 Å². The zero-order valence-electron chi connectivity index (χ0n) is 18.3. The van der Waals surface area contributed by atoms with E-state index in [4.69, 9.17) is 4.74 Å². The van der Waals surface area contributed by atoms with Crippen LogP contribution in [-0.2, 0) is 39.9 Å². The van der Waals surface area contributed by atoms with Crippen molar-refractivity contribution in [3.63, 3.8) is 0 Å². The summed E-state index contributed by atoms with van der Waals surface area (Å²) < 4.78 is 9.90. The van der Waals surface area contributed by atoms with Crippen molar-refractivity contribution < 1.29 is 33.4 Å². The maximum atomic E-state index is 12.4. The predicted octanol–water partition coefficient (Wildman–Crippen LogP) is 1.17. The molecule has 2 amide bonds. The molecule has 0 aliphatic rings. The van der Waals surface area contributed by atoms with Crippen LogP contribution in [0.4, 0.5) is 5.69 Å². The number of anilines is 1. The van der Waals surface area contributed by atoms with E-state index in [1.807, 2.05) is 0 Å². The summed E-state index contributed by atoms with van der Waals surface area (Å²) in [6.45, 7) is 3.11. The number of hydrogen-bond donors (Lipinski definition) is 0. The Labute approximate surface area is 182 Å². The lowest BCUT2D eigenvalue weighted by atomic mass is 10.1. The van der Waals surface area contributed by atoms with Crippen molar-refractivity contribution >= 4 is 35.5 Å². The largest absolute Gasteiger partial charge is 0.468 e. The van der Waals surface area contributed by atoms with Gasteiger partial charge in [-0.3, -0.25) is 24.0 Å². The number of rotatable bonds is 15. The number of ketones is 2. The van der Waals surface area contributed by atoms with Gasteiger partial charge in [0.05, 0.1) is 19.6 Å². The maximum absolute atomic E-state index is 12.4. The summed E-state index contributed by atoms with van der Waals surface area (Å²) in [7, 11) is 3.18. The lowest BCUT2D eigenvalue weighted by molar-refractivity contribution is -0.135. The molecule has 0 aromatic heterocycles. The smallest absolute Gasteiger partial charge is 0.293 e. The first-order valence-corrected chi connectivity index (χ1v) is 9.98. The van der Waals surface area contributed by atoms with Gasteiger partial charge in [-0.2, -0.15) is 0 Å². The third kappa shape index (κ3) is 10.5. The van der Waals surface area contributed by atoms with E-state index in [0.29, 0.717) is 38.3 Å². The second kappa shape index (κ2) is 14.0. The van der Waals surface area contributed by atoms with Crippen molar-refractivity contribution in [1.82, 2.24) is 4.90 Å². The Morgan fingerprint density at radius 1 is 0.935 bits per heavy atom. The highest BCUT2D eigenvalue weighted by Gasteiger charge is 2.18. The quantitative estimate of drug-likeness (QED) is 0.231. The van der Waals surface area contributed by atoms with Crippen LogP contribution in [-0.4, -0.2) is 75.2 Å². The lowest BCUT2D eigenvalue weighted by Crippen LogP contribution is -2.36. The molecule has 170 valence electrons. The number of benzene rings is 1. The average molecular weight is 434 g/mol. The predicted molar refractivity (Wildman–Crippen MR) is 114 cm³/mol. The highest BCUT2D eigenvalue weighted by atomic mass is 16.5.